The number of halogens is 1. The van der Waals surface area contributed by atoms with E-state index in [2.05, 4.69) is 27.8 Å². The van der Waals surface area contributed by atoms with Crippen LogP contribution in [0.4, 0.5) is 5.82 Å². The fourth-order valence-electron chi connectivity index (χ4n) is 4.67. The molecule has 1 aliphatic heterocycles. The predicted octanol–water partition coefficient (Wildman–Crippen LogP) is 3.76. The second-order valence-corrected chi connectivity index (χ2v) is 10.1. The number of benzene rings is 2. The molecule has 0 bridgehead atoms. The Kier molecular flexibility index (Phi) is 7.45. The lowest BCUT2D eigenvalue weighted by Crippen LogP contribution is -2.36. The number of nitrogens with zero attached hydrogens (tertiary/aromatic N) is 2. The molecule has 0 radical (unpaired) electrons. The Morgan fingerprint density at radius 2 is 1.86 bits per heavy atom. The standard InChI is InChI=1S/C27H31ClN6O2/c1-27(2)15-20(25(35)32-16-18-10-12-19(13-11-18)23(29)30)34-21(27)22(28)33-24(26(34)36)31-14-6-9-17-7-4-3-5-8-17/h3-5,7-8,10-13,20H,6,9,14-16H2,1-2H3,(H3,29,30)(H,31,33)(H,32,35)/t20-/m0/s1. The van der Waals surface area contributed by atoms with Gasteiger partial charge in [0.25, 0.3) is 5.56 Å². The summed E-state index contributed by atoms with van der Waals surface area (Å²) < 4.78 is 1.50. The number of carbonyl (C=O) groups is 1. The maximum Gasteiger partial charge on any atom is 0.294 e. The maximum atomic E-state index is 13.4. The molecule has 36 heavy (non-hydrogen) atoms. The molecule has 2 aromatic carbocycles. The van der Waals surface area contributed by atoms with Gasteiger partial charge in [-0.3, -0.25) is 19.6 Å². The van der Waals surface area contributed by atoms with Crippen LogP contribution in [0.5, 0.6) is 0 Å². The second-order valence-electron chi connectivity index (χ2n) is 9.72. The molecule has 1 aliphatic rings. The summed E-state index contributed by atoms with van der Waals surface area (Å²) in [5, 5.41) is 13.8. The number of aryl methyl sites for hydroxylation is 1. The molecule has 0 fully saturated rings. The minimum absolute atomic E-state index is 0.00952. The van der Waals surface area contributed by atoms with Crippen molar-refractivity contribution in [2.75, 3.05) is 11.9 Å². The van der Waals surface area contributed by atoms with E-state index in [9.17, 15) is 9.59 Å². The van der Waals surface area contributed by atoms with E-state index in [0.29, 0.717) is 30.8 Å². The third-order valence-electron chi connectivity index (χ3n) is 6.54. The summed E-state index contributed by atoms with van der Waals surface area (Å²) in [6.07, 6.45) is 2.14. The lowest BCUT2D eigenvalue weighted by Gasteiger charge is -2.19. The van der Waals surface area contributed by atoms with Crippen molar-refractivity contribution in [2.45, 2.75) is 51.1 Å². The SMILES string of the molecule is CC1(C)C[C@@H](C(=O)NCc2ccc(C(=N)N)cc2)n2c1c(Cl)nc(NCCCc1ccccc1)c2=O. The van der Waals surface area contributed by atoms with Gasteiger partial charge in [-0.05, 0) is 30.4 Å². The van der Waals surface area contributed by atoms with Gasteiger partial charge in [-0.15, -0.1) is 0 Å². The fraction of sp³-hybridized carbons (Fsp3) is 0.333. The number of anilines is 1. The second kappa shape index (κ2) is 10.5. The largest absolute Gasteiger partial charge is 0.384 e. The van der Waals surface area contributed by atoms with E-state index in [4.69, 9.17) is 22.7 Å². The molecule has 0 saturated carbocycles. The van der Waals surface area contributed by atoms with Gasteiger partial charge in [0.2, 0.25) is 5.91 Å². The molecular weight excluding hydrogens is 476 g/mol. The van der Waals surface area contributed by atoms with Gasteiger partial charge in [-0.25, -0.2) is 4.98 Å². The van der Waals surface area contributed by atoms with Crippen LogP contribution >= 0.6 is 11.6 Å². The quantitative estimate of drug-likeness (QED) is 0.200. The van der Waals surface area contributed by atoms with Crippen molar-refractivity contribution < 1.29 is 4.79 Å². The highest BCUT2D eigenvalue weighted by atomic mass is 35.5. The number of aromatic nitrogens is 2. The van der Waals surface area contributed by atoms with Gasteiger partial charge in [0.15, 0.2) is 11.0 Å². The van der Waals surface area contributed by atoms with E-state index in [1.165, 1.54) is 10.1 Å². The van der Waals surface area contributed by atoms with Crippen LogP contribution in [-0.2, 0) is 23.2 Å². The molecule has 2 heterocycles. The maximum absolute atomic E-state index is 13.4. The molecule has 188 valence electrons. The van der Waals surface area contributed by atoms with Gasteiger partial charge < -0.3 is 16.4 Å². The third-order valence-corrected chi connectivity index (χ3v) is 6.80. The van der Waals surface area contributed by atoms with E-state index in [1.54, 1.807) is 12.1 Å². The molecule has 3 aromatic rings. The first-order chi connectivity index (χ1) is 17.2. The topological polar surface area (TPSA) is 126 Å². The molecule has 5 N–H and O–H groups in total. The smallest absolute Gasteiger partial charge is 0.294 e. The van der Waals surface area contributed by atoms with Crippen molar-refractivity contribution in [1.29, 1.82) is 5.41 Å². The van der Waals surface area contributed by atoms with E-state index >= 15 is 0 Å². The number of nitrogens with two attached hydrogens (primary N) is 1. The first-order valence-electron chi connectivity index (χ1n) is 12.0. The molecule has 4 rings (SSSR count). The molecule has 1 atom stereocenters. The van der Waals surface area contributed by atoms with Gasteiger partial charge in [-0.2, -0.15) is 0 Å². The number of nitrogen functional groups attached to an aromatic ring is 1. The van der Waals surface area contributed by atoms with Crippen LogP contribution in [0.15, 0.2) is 59.4 Å². The Balaban J connectivity index is 1.48. The van der Waals surface area contributed by atoms with Crippen molar-refractivity contribution in [3.05, 3.63) is 92.5 Å². The molecule has 9 heteroatoms. The van der Waals surface area contributed by atoms with E-state index in [1.807, 2.05) is 44.2 Å². The Morgan fingerprint density at radius 3 is 2.53 bits per heavy atom. The number of rotatable bonds is 9. The van der Waals surface area contributed by atoms with Crippen LogP contribution < -0.4 is 21.9 Å². The predicted molar refractivity (Wildman–Crippen MR) is 143 cm³/mol. The number of fused-ring (bicyclic) bond motifs is 1. The van der Waals surface area contributed by atoms with Crippen LogP contribution in [0.3, 0.4) is 0 Å². The summed E-state index contributed by atoms with van der Waals surface area (Å²) in [4.78, 5) is 31.0. The van der Waals surface area contributed by atoms with Crippen LogP contribution in [0.1, 0.15) is 55.1 Å². The number of hydrogen-bond acceptors (Lipinski definition) is 5. The molecular formula is C27H31ClN6O2. The van der Waals surface area contributed by atoms with Crippen molar-refractivity contribution >= 4 is 29.2 Å². The van der Waals surface area contributed by atoms with Gasteiger partial charge in [0.05, 0.1) is 5.69 Å². The lowest BCUT2D eigenvalue weighted by atomic mass is 9.87. The normalized spacial score (nSPS) is 15.8. The van der Waals surface area contributed by atoms with Gasteiger partial charge >= 0.3 is 0 Å². The van der Waals surface area contributed by atoms with Crippen LogP contribution in [-0.4, -0.2) is 27.8 Å². The number of amidine groups is 1. The first kappa shape index (κ1) is 25.4. The summed E-state index contributed by atoms with van der Waals surface area (Å²) in [6, 6.07) is 16.6. The average Bonchev–Trinajstić information content (AvgIpc) is 3.16. The van der Waals surface area contributed by atoms with E-state index in [-0.39, 0.29) is 28.3 Å². The lowest BCUT2D eigenvalue weighted by molar-refractivity contribution is -0.124. The van der Waals surface area contributed by atoms with E-state index < -0.39 is 11.5 Å². The minimum atomic E-state index is -0.690. The first-order valence-corrected chi connectivity index (χ1v) is 12.4. The fourth-order valence-corrected chi connectivity index (χ4v) is 5.10. The number of nitrogens with one attached hydrogen (secondary N) is 3. The molecule has 0 aliphatic carbocycles. The summed E-state index contributed by atoms with van der Waals surface area (Å²) >= 11 is 6.55. The summed E-state index contributed by atoms with van der Waals surface area (Å²) in [6.45, 7) is 4.78. The van der Waals surface area contributed by atoms with Gasteiger partial charge in [0, 0.05) is 24.1 Å². The zero-order valence-corrected chi connectivity index (χ0v) is 21.2. The number of hydrogen-bond donors (Lipinski definition) is 4. The van der Waals surface area contributed by atoms with Gasteiger partial charge in [0.1, 0.15) is 11.9 Å². The molecule has 1 aromatic heterocycles. The van der Waals surface area contributed by atoms with Crippen molar-refractivity contribution in [1.82, 2.24) is 14.9 Å². The van der Waals surface area contributed by atoms with Crippen LogP contribution in [0.2, 0.25) is 5.15 Å². The molecule has 0 unspecified atom stereocenters. The van der Waals surface area contributed by atoms with Crippen molar-refractivity contribution in [3.8, 4) is 0 Å². The van der Waals surface area contributed by atoms with E-state index in [0.717, 1.165) is 18.4 Å². The Labute approximate surface area is 215 Å². The van der Waals surface area contributed by atoms with Crippen molar-refractivity contribution in [3.63, 3.8) is 0 Å². The zero-order valence-electron chi connectivity index (χ0n) is 20.5. The summed E-state index contributed by atoms with van der Waals surface area (Å²) in [5.41, 5.74) is 7.97. The number of amides is 1. The highest BCUT2D eigenvalue weighted by Gasteiger charge is 2.43. The Morgan fingerprint density at radius 1 is 1.17 bits per heavy atom. The highest BCUT2D eigenvalue weighted by molar-refractivity contribution is 6.30. The molecule has 1 amide bonds. The highest BCUT2D eigenvalue weighted by Crippen LogP contribution is 2.42. The molecule has 8 nitrogen and oxygen atoms in total. The minimum Gasteiger partial charge on any atom is -0.384 e. The average molecular weight is 507 g/mol. The molecule has 0 spiro atoms. The summed E-state index contributed by atoms with van der Waals surface area (Å²) in [7, 11) is 0. The monoisotopic (exact) mass is 506 g/mol. The third kappa shape index (κ3) is 5.44. The number of carbonyl (C=O) groups excluding carboxylic acids is 1. The summed E-state index contributed by atoms with van der Waals surface area (Å²) in [5.74, 6) is -0.103. The molecule has 0 saturated heterocycles. The van der Waals surface area contributed by atoms with Crippen LogP contribution in [0, 0.1) is 5.41 Å². The Bertz CT molecular complexity index is 1320. The Hall–Kier alpha value is -3.65. The zero-order chi connectivity index (χ0) is 25.9. The van der Waals surface area contributed by atoms with Crippen molar-refractivity contribution in [2.24, 2.45) is 5.73 Å². The van der Waals surface area contributed by atoms with Gasteiger partial charge in [-0.1, -0.05) is 80.0 Å². The van der Waals surface area contributed by atoms with Crippen LogP contribution in [0.25, 0.3) is 0 Å².